The predicted molar refractivity (Wildman–Crippen MR) is 125 cm³/mol. The third-order valence-electron chi connectivity index (χ3n) is 5.88. The van der Waals surface area contributed by atoms with Crippen LogP contribution < -0.4 is 0 Å². The first-order valence-electron chi connectivity index (χ1n) is 10.8. The number of hydrogen-bond acceptors (Lipinski definition) is 3. The highest BCUT2D eigenvalue weighted by Crippen LogP contribution is 2.26. The standard InChI is InChI=1S/C25H34N2O3S/c1-24(2,3)20-9-7-19(8-10-20)23(28)26-15-17-27(18-16-26)31(29,30)22-13-11-21(12-14-22)25(4,5)6/h7-14H,15-18H2,1-6H3. The van der Waals surface area contributed by atoms with Crippen molar-refractivity contribution < 1.29 is 13.2 Å². The average Bonchev–Trinajstić information content (AvgIpc) is 2.72. The normalized spacial score (nSPS) is 16.4. The number of piperazine rings is 1. The van der Waals surface area contributed by atoms with Gasteiger partial charge < -0.3 is 4.90 Å². The van der Waals surface area contributed by atoms with E-state index in [0.29, 0.717) is 36.6 Å². The molecule has 0 bridgehead atoms. The molecule has 0 unspecified atom stereocenters. The van der Waals surface area contributed by atoms with E-state index in [1.165, 1.54) is 9.87 Å². The summed E-state index contributed by atoms with van der Waals surface area (Å²) in [6.07, 6.45) is 0. The van der Waals surface area contributed by atoms with Crippen molar-refractivity contribution in [2.45, 2.75) is 57.3 Å². The Kier molecular flexibility index (Phi) is 6.36. The third-order valence-corrected chi connectivity index (χ3v) is 7.79. The molecule has 0 atom stereocenters. The minimum absolute atomic E-state index is 0.0284. The van der Waals surface area contributed by atoms with Gasteiger partial charge in [0, 0.05) is 31.7 Å². The molecule has 3 rings (SSSR count). The monoisotopic (exact) mass is 442 g/mol. The van der Waals surface area contributed by atoms with Gasteiger partial charge in [-0.3, -0.25) is 4.79 Å². The zero-order valence-electron chi connectivity index (χ0n) is 19.5. The second-order valence-corrected chi connectivity index (χ2v) is 12.2. The highest BCUT2D eigenvalue weighted by atomic mass is 32.2. The SMILES string of the molecule is CC(C)(C)c1ccc(C(=O)N2CCN(S(=O)(=O)c3ccc(C(C)(C)C)cc3)CC2)cc1. The van der Waals surface area contributed by atoms with Crippen LogP contribution in [0.25, 0.3) is 0 Å². The second-order valence-electron chi connectivity index (χ2n) is 10.3. The Balaban J connectivity index is 1.66. The van der Waals surface area contributed by atoms with Gasteiger partial charge >= 0.3 is 0 Å². The van der Waals surface area contributed by atoms with Crippen LogP contribution in [-0.2, 0) is 20.9 Å². The lowest BCUT2D eigenvalue weighted by atomic mass is 9.86. The molecule has 0 aliphatic carbocycles. The minimum atomic E-state index is -3.56. The van der Waals surface area contributed by atoms with Crippen molar-refractivity contribution in [3.05, 3.63) is 65.2 Å². The first-order valence-corrected chi connectivity index (χ1v) is 12.2. The molecule has 1 aliphatic rings. The molecule has 5 nitrogen and oxygen atoms in total. The summed E-state index contributed by atoms with van der Waals surface area (Å²) in [6, 6.07) is 14.9. The Morgan fingerprint density at radius 2 is 1.13 bits per heavy atom. The summed E-state index contributed by atoms with van der Waals surface area (Å²) in [5.74, 6) is -0.0490. The molecular formula is C25H34N2O3S. The van der Waals surface area contributed by atoms with Crippen molar-refractivity contribution in [2.75, 3.05) is 26.2 Å². The van der Waals surface area contributed by atoms with Gasteiger partial charge in [-0.25, -0.2) is 8.42 Å². The van der Waals surface area contributed by atoms with Crippen LogP contribution in [-0.4, -0.2) is 49.7 Å². The number of rotatable bonds is 3. The maximum absolute atomic E-state index is 13.0. The van der Waals surface area contributed by atoms with Gasteiger partial charge in [-0.1, -0.05) is 65.8 Å². The Morgan fingerprint density at radius 3 is 1.55 bits per heavy atom. The predicted octanol–water partition coefficient (Wildman–Crippen LogP) is 4.43. The van der Waals surface area contributed by atoms with E-state index in [1.807, 2.05) is 36.4 Å². The molecule has 1 saturated heterocycles. The fourth-order valence-electron chi connectivity index (χ4n) is 3.70. The van der Waals surface area contributed by atoms with Crippen molar-refractivity contribution in [2.24, 2.45) is 0 Å². The summed E-state index contributed by atoms with van der Waals surface area (Å²) in [5, 5.41) is 0. The Morgan fingerprint density at radius 1 is 0.710 bits per heavy atom. The lowest BCUT2D eigenvalue weighted by Gasteiger charge is -2.34. The number of carbonyl (C=O) groups is 1. The van der Waals surface area contributed by atoms with Crippen LogP contribution in [0.1, 0.15) is 63.0 Å². The topological polar surface area (TPSA) is 57.7 Å². The Labute approximate surface area is 187 Å². The third kappa shape index (κ3) is 5.18. The van der Waals surface area contributed by atoms with Crippen molar-refractivity contribution >= 4 is 15.9 Å². The quantitative estimate of drug-likeness (QED) is 0.707. The molecule has 31 heavy (non-hydrogen) atoms. The lowest BCUT2D eigenvalue weighted by Crippen LogP contribution is -2.50. The van der Waals surface area contributed by atoms with Crippen LogP contribution in [0, 0.1) is 0 Å². The van der Waals surface area contributed by atoms with Gasteiger partial charge in [-0.15, -0.1) is 0 Å². The molecule has 1 heterocycles. The number of carbonyl (C=O) groups excluding carboxylic acids is 1. The Bertz CT molecular complexity index is 1020. The first kappa shape index (κ1) is 23.5. The number of hydrogen-bond donors (Lipinski definition) is 0. The van der Waals surface area contributed by atoms with Gasteiger partial charge in [0.2, 0.25) is 10.0 Å². The van der Waals surface area contributed by atoms with E-state index < -0.39 is 10.0 Å². The average molecular weight is 443 g/mol. The van der Waals surface area contributed by atoms with E-state index in [-0.39, 0.29) is 16.7 Å². The van der Waals surface area contributed by atoms with Crippen molar-refractivity contribution in [3.63, 3.8) is 0 Å². The van der Waals surface area contributed by atoms with Gasteiger partial charge in [0.15, 0.2) is 0 Å². The number of sulfonamides is 1. The zero-order valence-corrected chi connectivity index (χ0v) is 20.3. The molecule has 1 fully saturated rings. The molecule has 0 radical (unpaired) electrons. The van der Waals surface area contributed by atoms with Crippen molar-refractivity contribution in [1.82, 2.24) is 9.21 Å². The molecule has 0 spiro atoms. The van der Waals surface area contributed by atoms with Gasteiger partial charge in [-0.2, -0.15) is 4.31 Å². The summed E-state index contributed by atoms with van der Waals surface area (Å²) in [4.78, 5) is 14.9. The molecule has 0 saturated carbocycles. The van der Waals surface area contributed by atoms with Crippen molar-refractivity contribution in [1.29, 1.82) is 0 Å². The Hall–Kier alpha value is -2.18. The van der Waals surface area contributed by atoms with Crippen LogP contribution >= 0.6 is 0 Å². The number of amides is 1. The second kappa shape index (κ2) is 8.40. The largest absolute Gasteiger partial charge is 0.336 e. The van der Waals surface area contributed by atoms with Crippen molar-refractivity contribution in [3.8, 4) is 0 Å². The van der Waals surface area contributed by atoms with E-state index >= 15 is 0 Å². The van der Waals surface area contributed by atoms with Crippen LogP contribution in [0.5, 0.6) is 0 Å². The van der Waals surface area contributed by atoms with E-state index in [0.717, 1.165) is 5.56 Å². The maximum atomic E-state index is 13.0. The van der Waals surface area contributed by atoms with Crippen LogP contribution in [0.15, 0.2) is 53.4 Å². The fraction of sp³-hybridized carbons (Fsp3) is 0.480. The van der Waals surface area contributed by atoms with Gasteiger partial charge in [0.05, 0.1) is 4.90 Å². The molecule has 2 aromatic rings. The van der Waals surface area contributed by atoms with E-state index in [1.54, 1.807) is 17.0 Å². The molecule has 0 aromatic heterocycles. The van der Waals surface area contributed by atoms with Gasteiger partial charge in [0.25, 0.3) is 5.91 Å². The van der Waals surface area contributed by atoms with E-state index in [9.17, 15) is 13.2 Å². The van der Waals surface area contributed by atoms with Gasteiger partial charge in [-0.05, 0) is 46.2 Å². The summed E-state index contributed by atoms with van der Waals surface area (Å²) in [7, 11) is -3.56. The summed E-state index contributed by atoms with van der Waals surface area (Å²) in [5.41, 5.74) is 2.92. The lowest BCUT2D eigenvalue weighted by molar-refractivity contribution is 0.0698. The van der Waals surface area contributed by atoms with Crippen LogP contribution in [0.3, 0.4) is 0 Å². The number of nitrogens with zero attached hydrogens (tertiary/aromatic N) is 2. The molecule has 2 aromatic carbocycles. The molecular weight excluding hydrogens is 408 g/mol. The maximum Gasteiger partial charge on any atom is 0.253 e. The van der Waals surface area contributed by atoms with E-state index in [2.05, 4.69) is 41.5 Å². The molecule has 6 heteroatoms. The summed E-state index contributed by atoms with van der Waals surface area (Å²) in [6.45, 7) is 14.1. The molecule has 1 aliphatic heterocycles. The fourth-order valence-corrected chi connectivity index (χ4v) is 5.13. The zero-order chi connectivity index (χ0) is 23.0. The first-order chi connectivity index (χ1) is 14.3. The summed E-state index contributed by atoms with van der Waals surface area (Å²) >= 11 is 0. The van der Waals surface area contributed by atoms with E-state index in [4.69, 9.17) is 0 Å². The molecule has 0 N–H and O–H groups in total. The smallest absolute Gasteiger partial charge is 0.253 e. The summed E-state index contributed by atoms with van der Waals surface area (Å²) < 4.78 is 27.6. The highest BCUT2D eigenvalue weighted by molar-refractivity contribution is 7.89. The van der Waals surface area contributed by atoms with Crippen LogP contribution in [0.2, 0.25) is 0 Å². The van der Waals surface area contributed by atoms with Crippen LogP contribution in [0.4, 0.5) is 0 Å². The van der Waals surface area contributed by atoms with Gasteiger partial charge in [0.1, 0.15) is 0 Å². The minimum Gasteiger partial charge on any atom is -0.336 e. The molecule has 168 valence electrons. The molecule has 1 amide bonds. The highest BCUT2D eigenvalue weighted by Gasteiger charge is 2.31. The number of benzene rings is 2.